The third-order valence-electron chi connectivity index (χ3n) is 5.79. The number of carbonyl (C=O) groups is 1. The van der Waals surface area contributed by atoms with Crippen LogP contribution < -0.4 is 5.69 Å². The topological polar surface area (TPSA) is 100 Å². The normalized spacial score (nSPS) is 14.7. The molecule has 0 unspecified atom stereocenters. The van der Waals surface area contributed by atoms with E-state index < -0.39 is 0 Å². The Morgan fingerprint density at radius 2 is 1.75 bits per heavy atom. The lowest BCUT2D eigenvalue weighted by Crippen LogP contribution is -2.47. The number of carbonyl (C=O) groups excluding carboxylic acids is 1. The summed E-state index contributed by atoms with van der Waals surface area (Å²) in [7, 11) is 2.07. The van der Waals surface area contributed by atoms with Gasteiger partial charge in [-0.05, 0) is 36.9 Å². The number of benzene rings is 1. The van der Waals surface area contributed by atoms with Gasteiger partial charge in [-0.25, -0.2) is 14.8 Å². The molecule has 0 aliphatic carbocycles. The molecule has 4 aromatic rings. The highest BCUT2D eigenvalue weighted by molar-refractivity contribution is 5.94. The van der Waals surface area contributed by atoms with Crippen molar-refractivity contribution in [3.8, 4) is 11.3 Å². The van der Waals surface area contributed by atoms with Gasteiger partial charge in [0.25, 0.3) is 5.91 Å². The van der Waals surface area contributed by atoms with Crippen molar-refractivity contribution in [3.05, 3.63) is 76.6 Å². The van der Waals surface area contributed by atoms with Crippen molar-refractivity contribution in [3.63, 3.8) is 0 Å². The van der Waals surface area contributed by atoms with E-state index in [2.05, 4.69) is 31.9 Å². The number of H-pyrrole nitrogens is 1. The average molecular weight is 429 g/mol. The number of likely N-dealkylation sites (N-methyl/N-ethyl adjacent to an activating group) is 1. The van der Waals surface area contributed by atoms with E-state index in [0.717, 1.165) is 37.3 Å². The molecule has 1 fully saturated rings. The molecule has 3 aromatic heterocycles. The third kappa shape index (κ3) is 3.90. The lowest BCUT2D eigenvalue weighted by atomic mass is 10.1. The Hall–Kier alpha value is -3.85. The molecule has 4 heterocycles. The SMILES string of the molecule is CN1CCN(C(=O)c2ccc(-c3cnc4[nH]c(=O)n(Cc5ccncc5)c4n3)cc2)CC1. The Morgan fingerprint density at radius 1 is 1.03 bits per heavy atom. The number of pyridine rings is 1. The molecule has 0 bridgehead atoms. The van der Waals surface area contributed by atoms with E-state index in [0.29, 0.717) is 29.1 Å². The molecular weight excluding hydrogens is 406 g/mol. The zero-order valence-electron chi connectivity index (χ0n) is 17.7. The zero-order valence-corrected chi connectivity index (χ0v) is 17.7. The first-order valence-corrected chi connectivity index (χ1v) is 10.5. The second kappa shape index (κ2) is 8.35. The highest BCUT2D eigenvalue weighted by Gasteiger charge is 2.20. The van der Waals surface area contributed by atoms with E-state index >= 15 is 0 Å². The largest absolute Gasteiger partial charge is 0.336 e. The van der Waals surface area contributed by atoms with Gasteiger partial charge in [-0.3, -0.25) is 19.3 Å². The van der Waals surface area contributed by atoms with E-state index in [1.165, 1.54) is 0 Å². The number of piperazine rings is 1. The molecule has 1 aliphatic rings. The van der Waals surface area contributed by atoms with E-state index in [4.69, 9.17) is 0 Å². The van der Waals surface area contributed by atoms with Crippen LogP contribution in [-0.4, -0.2) is 73.4 Å². The Morgan fingerprint density at radius 3 is 2.47 bits per heavy atom. The molecule has 9 heteroatoms. The Labute approximate surface area is 184 Å². The monoisotopic (exact) mass is 429 g/mol. The van der Waals surface area contributed by atoms with Gasteiger partial charge < -0.3 is 9.80 Å². The van der Waals surface area contributed by atoms with E-state index in [9.17, 15) is 9.59 Å². The van der Waals surface area contributed by atoms with Gasteiger partial charge in [-0.2, -0.15) is 0 Å². The van der Waals surface area contributed by atoms with Crippen LogP contribution in [0.15, 0.2) is 59.8 Å². The first kappa shape index (κ1) is 20.1. The molecule has 5 rings (SSSR count). The van der Waals surface area contributed by atoms with Crippen molar-refractivity contribution in [2.45, 2.75) is 6.54 Å². The van der Waals surface area contributed by atoms with Crippen LogP contribution in [0.5, 0.6) is 0 Å². The summed E-state index contributed by atoms with van der Waals surface area (Å²) < 4.78 is 1.56. The van der Waals surface area contributed by atoms with E-state index in [-0.39, 0.29) is 11.6 Å². The smallest absolute Gasteiger partial charge is 0.329 e. The number of imidazole rings is 1. The Kier molecular flexibility index (Phi) is 5.24. The van der Waals surface area contributed by atoms with Crippen LogP contribution in [0.3, 0.4) is 0 Å². The number of nitrogens with one attached hydrogen (secondary N) is 1. The summed E-state index contributed by atoms with van der Waals surface area (Å²) in [5.41, 5.74) is 3.74. The highest BCUT2D eigenvalue weighted by Crippen LogP contribution is 2.20. The molecule has 1 saturated heterocycles. The highest BCUT2D eigenvalue weighted by atomic mass is 16.2. The van der Waals surface area contributed by atoms with Gasteiger partial charge in [0.15, 0.2) is 11.3 Å². The Bertz CT molecular complexity index is 1300. The van der Waals surface area contributed by atoms with Gasteiger partial charge >= 0.3 is 5.69 Å². The van der Waals surface area contributed by atoms with Crippen molar-refractivity contribution in [1.29, 1.82) is 0 Å². The van der Waals surface area contributed by atoms with Crippen LogP contribution in [0, 0.1) is 0 Å². The number of fused-ring (bicyclic) bond motifs is 1. The summed E-state index contributed by atoms with van der Waals surface area (Å²) in [4.78, 5) is 45.2. The first-order chi connectivity index (χ1) is 15.6. The average Bonchev–Trinajstić information content (AvgIpc) is 3.14. The molecule has 1 aromatic carbocycles. The number of nitrogens with zero attached hydrogens (tertiary/aromatic N) is 6. The number of amides is 1. The number of rotatable bonds is 4. The molecule has 0 radical (unpaired) electrons. The van der Waals surface area contributed by atoms with Crippen molar-refractivity contribution in [1.82, 2.24) is 34.3 Å². The van der Waals surface area contributed by atoms with Crippen LogP contribution in [0.4, 0.5) is 0 Å². The maximum absolute atomic E-state index is 12.8. The molecule has 9 nitrogen and oxygen atoms in total. The third-order valence-corrected chi connectivity index (χ3v) is 5.79. The number of hydrogen-bond acceptors (Lipinski definition) is 6. The van der Waals surface area contributed by atoms with Crippen molar-refractivity contribution in [2.75, 3.05) is 33.2 Å². The van der Waals surface area contributed by atoms with Crippen LogP contribution in [0.25, 0.3) is 22.6 Å². The van der Waals surface area contributed by atoms with Gasteiger partial charge in [-0.15, -0.1) is 0 Å². The van der Waals surface area contributed by atoms with E-state index in [1.54, 1.807) is 23.2 Å². The maximum Gasteiger partial charge on any atom is 0.329 e. The molecule has 0 spiro atoms. The van der Waals surface area contributed by atoms with Gasteiger partial charge in [0.1, 0.15) is 0 Å². The van der Waals surface area contributed by atoms with Gasteiger partial charge in [0, 0.05) is 49.7 Å². The number of hydrogen-bond donors (Lipinski definition) is 1. The zero-order chi connectivity index (χ0) is 22.1. The molecule has 1 aliphatic heterocycles. The summed E-state index contributed by atoms with van der Waals surface area (Å²) in [6, 6.07) is 11.1. The van der Waals surface area contributed by atoms with Crippen LogP contribution >= 0.6 is 0 Å². The fourth-order valence-corrected chi connectivity index (χ4v) is 3.85. The Balaban J connectivity index is 1.41. The minimum Gasteiger partial charge on any atom is -0.336 e. The summed E-state index contributed by atoms with van der Waals surface area (Å²) in [5.74, 6) is 0.0445. The van der Waals surface area contributed by atoms with Gasteiger partial charge in [-0.1, -0.05) is 12.1 Å². The summed E-state index contributed by atoms with van der Waals surface area (Å²) in [6.45, 7) is 3.62. The second-order valence-electron chi connectivity index (χ2n) is 7.97. The van der Waals surface area contributed by atoms with Gasteiger partial charge in [0.05, 0.1) is 18.4 Å². The fourth-order valence-electron chi connectivity index (χ4n) is 3.85. The molecule has 1 N–H and O–H groups in total. The van der Waals surface area contributed by atoms with Crippen LogP contribution in [0.2, 0.25) is 0 Å². The molecular formula is C23H23N7O2. The minimum atomic E-state index is -0.262. The lowest BCUT2D eigenvalue weighted by Gasteiger charge is -2.32. The quantitative estimate of drug-likeness (QED) is 0.529. The summed E-state index contributed by atoms with van der Waals surface area (Å²) in [5, 5.41) is 0. The number of aromatic amines is 1. The fraction of sp³-hybridized carbons (Fsp3) is 0.261. The molecule has 0 atom stereocenters. The molecule has 32 heavy (non-hydrogen) atoms. The lowest BCUT2D eigenvalue weighted by molar-refractivity contribution is 0.0664. The molecule has 1 amide bonds. The predicted octanol–water partition coefficient (Wildman–Crippen LogP) is 1.62. The standard InChI is InChI=1S/C23H23N7O2/c1-28-10-12-29(13-11-28)22(31)18-4-2-17(3-5-18)19-14-25-20-21(26-19)30(23(32)27-20)15-16-6-8-24-9-7-16/h2-9,14H,10-13,15H2,1H3,(H,25,27,32). The summed E-state index contributed by atoms with van der Waals surface area (Å²) in [6.07, 6.45) is 5.01. The first-order valence-electron chi connectivity index (χ1n) is 10.5. The van der Waals surface area contributed by atoms with Gasteiger partial charge in [0.2, 0.25) is 0 Å². The molecule has 162 valence electrons. The van der Waals surface area contributed by atoms with Crippen molar-refractivity contribution < 1.29 is 4.79 Å². The van der Waals surface area contributed by atoms with Crippen molar-refractivity contribution in [2.24, 2.45) is 0 Å². The van der Waals surface area contributed by atoms with Crippen LogP contribution in [0.1, 0.15) is 15.9 Å². The maximum atomic E-state index is 12.8. The van der Waals surface area contributed by atoms with Crippen LogP contribution in [-0.2, 0) is 6.54 Å². The summed E-state index contributed by atoms with van der Waals surface area (Å²) >= 11 is 0. The second-order valence-corrected chi connectivity index (χ2v) is 7.97. The predicted molar refractivity (Wildman–Crippen MR) is 120 cm³/mol. The number of aromatic nitrogens is 5. The minimum absolute atomic E-state index is 0.0445. The molecule has 0 saturated carbocycles. The van der Waals surface area contributed by atoms with E-state index in [1.807, 2.05) is 41.3 Å². The van der Waals surface area contributed by atoms with Crippen molar-refractivity contribution >= 4 is 17.2 Å².